The van der Waals surface area contributed by atoms with Crippen molar-refractivity contribution in [1.82, 2.24) is 0 Å². The number of hydrogen-bond acceptors (Lipinski definition) is 0. The van der Waals surface area contributed by atoms with Crippen LogP contribution >= 0.6 is 0 Å². The fourth-order valence-electron chi connectivity index (χ4n) is 0.0833. The Morgan fingerprint density at radius 3 is 1.67 bits per heavy atom. The predicted molar refractivity (Wildman–Crippen MR) is 32.0 cm³/mol. The maximum absolute atomic E-state index is 3.61. The molecule has 0 rings (SSSR count). The molecule has 0 bridgehead atoms. The van der Waals surface area contributed by atoms with Crippen LogP contribution in [0.25, 0.3) is 0 Å². The van der Waals surface area contributed by atoms with Crippen LogP contribution in [-0.4, -0.2) is 8.80 Å². The van der Waals surface area contributed by atoms with Gasteiger partial charge in [-0.2, -0.15) is 6.55 Å². The van der Waals surface area contributed by atoms with Crippen molar-refractivity contribution in [3.05, 3.63) is 24.6 Å². The lowest BCUT2D eigenvalue weighted by Gasteiger charge is -2.07. The van der Waals surface area contributed by atoms with Crippen LogP contribution in [0.1, 0.15) is 0 Å². The summed E-state index contributed by atoms with van der Waals surface area (Å²) >= 11 is 0. The minimum absolute atomic E-state index is 0.341. The number of rotatable bonds is 2. The minimum Gasteiger partial charge on any atom is -0.274 e. The van der Waals surface area contributed by atoms with Gasteiger partial charge in [0.1, 0.15) is 0 Å². The Kier molecular flexibility index (Phi) is 2.76. The van der Waals surface area contributed by atoms with E-state index < -0.39 is 0 Å². The van der Waals surface area contributed by atoms with E-state index in [-0.39, 0.29) is 8.80 Å². The molecule has 0 spiro atoms. The van der Waals surface area contributed by atoms with Crippen molar-refractivity contribution in [1.29, 1.82) is 0 Å². The molecule has 0 aliphatic heterocycles. The van der Waals surface area contributed by atoms with Crippen molar-refractivity contribution in [3.63, 3.8) is 0 Å². The van der Waals surface area contributed by atoms with Gasteiger partial charge < -0.3 is 0 Å². The van der Waals surface area contributed by atoms with Crippen molar-refractivity contribution in [2.75, 3.05) is 0 Å². The van der Waals surface area contributed by atoms with E-state index >= 15 is 0 Å². The molecular weight excluding hydrogens is 88.1 g/mol. The van der Waals surface area contributed by atoms with Crippen LogP contribution in [-0.2, 0) is 0 Å². The Labute approximate surface area is 40.8 Å². The minimum atomic E-state index is -0.341. The highest BCUT2D eigenvalue weighted by Crippen LogP contribution is 1.78. The molecule has 0 aliphatic rings. The summed E-state index contributed by atoms with van der Waals surface area (Å²) in [6.07, 6.45) is 0. The van der Waals surface area contributed by atoms with Gasteiger partial charge >= 0.3 is 0 Å². The van der Waals surface area contributed by atoms with Gasteiger partial charge in [-0.15, -0.1) is 13.2 Å². The first-order valence-corrected chi connectivity index (χ1v) is 4.05. The molecule has 0 fully saturated rings. The zero-order chi connectivity index (χ0) is 4.99. The first-order chi connectivity index (χ1) is 2.81. The average molecular weight is 97.2 g/mol. The van der Waals surface area contributed by atoms with Crippen LogP contribution in [0.15, 0.2) is 24.6 Å². The molecule has 0 aromatic heterocycles. The van der Waals surface area contributed by atoms with Crippen LogP contribution in [0.4, 0.5) is 0 Å². The first kappa shape index (κ1) is 5.70. The molecule has 0 nitrogen and oxygen atoms in total. The van der Waals surface area contributed by atoms with Gasteiger partial charge in [0.25, 0.3) is 0 Å². The van der Waals surface area contributed by atoms with Crippen molar-refractivity contribution in [2.45, 2.75) is 6.55 Å². The van der Waals surface area contributed by atoms with Gasteiger partial charge in [-0.3, -0.25) is 8.80 Å². The summed E-state index contributed by atoms with van der Waals surface area (Å²) in [4.78, 5) is 0. The van der Waals surface area contributed by atoms with Gasteiger partial charge in [-0.05, 0) is 0 Å². The number of hydrogen-bond donors (Lipinski definition) is 0. The van der Waals surface area contributed by atoms with Gasteiger partial charge in [0.15, 0.2) is 0 Å². The molecule has 0 aromatic carbocycles. The second-order valence-corrected chi connectivity index (χ2v) is 3.46. The summed E-state index contributed by atoms with van der Waals surface area (Å²) in [5.41, 5.74) is 3.91. The molecule has 0 heterocycles. The van der Waals surface area contributed by atoms with Gasteiger partial charge in [0.05, 0.1) is 0 Å². The normalized spacial score (nSPS) is 6.83. The van der Waals surface area contributed by atoms with Crippen LogP contribution in [0, 0.1) is 0 Å². The molecule has 0 atom stereocenters. The molecular formula is C5H9Si-. The second kappa shape index (κ2) is 2.91. The zero-order valence-electron chi connectivity index (χ0n) is 4.07. The summed E-state index contributed by atoms with van der Waals surface area (Å²) in [5.74, 6) is 0. The van der Waals surface area contributed by atoms with Gasteiger partial charge in [-0.1, -0.05) is 0 Å². The van der Waals surface area contributed by atoms with Crippen molar-refractivity contribution in [2.24, 2.45) is 0 Å². The quantitative estimate of drug-likeness (QED) is 0.459. The van der Waals surface area contributed by atoms with E-state index in [9.17, 15) is 0 Å². The largest absolute Gasteiger partial charge is 0.274 e. The van der Waals surface area contributed by atoms with E-state index in [0.717, 1.165) is 0 Å². The Hall–Kier alpha value is -0.303. The second-order valence-electron chi connectivity index (χ2n) is 1.15. The van der Waals surface area contributed by atoms with Crippen LogP contribution in [0.5, 0.6) is 0 Å². The van der Waals surface area contributed by atoms with Crippen LogP contribution in [0.3, 0.4) is 0 Å². The molecule has 0 radical (unpaired) electrons. The highest BCUT2D eigenvalue weighted by atomic mass is 28.3. The topological polar surface area (TPSA) is 0 Å². The third-order valence-corrected chi connectivity index (χ3v) is 1.93. The molecule has 0 aliphatic carbocycles. The maximum atomic E-state index is 3.61. The van der Waals surface area contributed by atoms with E-state index in [1.54, 1.807) is 0 Å². The Morgan fingerprint density at radius 1 is 1.33 bits per heavy atom. The van der Waals surface area contributed by atoms with Crippen molar-refractivity contribution >= 4 is 8.80 Å². The summed E-state index contributed by atoms with van der Waals surface area (Å²) in [6.45, 7) is 9.35. The lowest BCUT2D eigenvalue weighted by molar-refractivity contribution is 2.11. The standard InChI is InChI=1S/C5H9Si/c1-4-6(3)5-2/h4-5H,1-2H2,3H3/q-1. The van der Waals surface area contributed by atoms with Gasteiger partial charge in [-0.25, -0.2) is 11.4 Å². The Balaban J connectivity index is 3.21. The van der Waals surface area contributed by atoms with E-state index in [1.807, 2.05) is 11.4 Å². The molecule has 0 aromatic rings. The first-order valence-electron chi connectivity index (χ1n) is 1.89. The molecule has 0 N–H and O–H groups in total. The summed E-state index contributed by atoms with van der Waals surface area (Å²) in [7, 11) is -0.341. The third-order valence-electron chi connectivity index (χ3n) is 0.644. The lowest BCUT2D eigenvalue weighted by Crippen LogP contribution is -1.93. The fraction of sp³-hybridized carbons (Fsp3) is 0.200. The maximum Gasteiger partial charge on any atom is -0.136 e. The van der Waals surface area contributed by atoms with Crippen molar-refractivity contribution < 1.29 is 0 Å². The molecule has 0 amide bonds. The summed E-state index contributed by atoms with van der Waals surface area (Å²) in [5, 5.41) is 0. The zero-order valence-corrected chi connectivity index (χ0v) is 5.07. The smallest absolute Gasteiger partial charge is 0.136 e. The van der Waals surface area contributed by atoms with E-state index in [4.69, 9.17) is 0 Å². The summed E-state index contributed by atoms with van der Waals surface area (Å²) in [6, 6.07) is 0. The predicted octanol–water partition coefficient (Wildman–Crippen LogP) is 1.56. The Bertz CT molecular complexity index is 49.0. The summed E-state index contributed by atoms with van der Waals surface area (Å²) < 4.78 is 0. The molecule has 34 valence electrons. The highest BCUT2D eigenvalue weighted by Gasteiger charge is 1.59. The molecule has 0 saturated carbocycles. The van der Waals surface area contributed by atoms with E-state index in [1.165, 1.54) is 0 Å². The molecule has 0 unspecified atom stereocenters. The van der Waals surface area contributed by atoms with E-state index in [0.29, 0.717) is 0 Å². The van der Waals surface area contributed by atoms with Crippen LogP contribution in [0.2, 0.25) is 6.55 Å². The monoisotopic (exact) mass is 97.0 g/mol. The van der Waals surface area contributed by atoms with Gasteiger partial charge in [0, 0.05) is 0 Å². The molecule has 0 saturated heterocycles. The fourth-order valence-corrected chi connectivity index (χ4v) is 0.250. The van der Waals surface area contributed by atoms with Gasteiger partial charge in [0.2, 0.25) is 0 Å². The molecule has 6 heavy (non-hydrogen) atoms. The van der Waals surface area contributed by atoms with Crippen molar-refractivity contribution in [3.8, 4) is 0 Å². The van der Waals surface area contributed by atoms with Crippen LogP contribution < -0.4 is 0 Å². The lowest BCUT2D eigenvalue weighted by atomic mass is 11.2. The average Bonchev–Trinajstić information content (AvgIpc) is 1.65. The van der Waals surface area contributed by atoms with E-state index in [2.05, 4.69) is 19.7 Å². The highest BCUT2D eigenvalue weighted by molar-refractivity contribution is 6.67. The Morgan fingerprint density at radius 2 is 1.67 bits per heavy atom. The SMILES string of the molecule is C=C[Si-](C)C=C. The molecule has 1 heteroatoms. The third kappa shape index (κ3) is 1.97.